The average Bonchev–Trinajstić information content (AvgIpc) is 3.04. The number of benzene rings is 2. The number of rotatable bonds is 5. The van der Waals surface area contributed by atoms with Crippen LogP contribution >= 0.6 is 11.8 Å². The number of anilines is 1. The first-order chi connectivity index (χ1) is 12.1. The second-order valence-electron chi connectivity index (χ2n) is 5.48. The first kappa shape index (κ1) is 17.3. The van der Waals surface area contributed by atoms with E-state index in [2.05, 4.69) is 10.6 Å². The summed E-state index contributed by atoms with van der Waals surface area (Å²) in [5.74, 6) is 1.11. The number of fused-ring (bicyclic) bond motifs is 1. The molecule has 1 amide bonds. The number of amides is 1. The lowest BCUT2D eigenvalue weighted by Gasteiger charge is -2.16. The molecule has 2 aromatic carbocycles. The maximum Gasteiger partial charge on any atom is 0.253 e. The van der Waals surface area contributed by atoms with Crippen LogP contribution in [0.2, 0.25) is 0 Å². The third-order valence-electron chi connectivity index (χ3n) is 3.94. The van der Waals surface area contributed by atoms with Crippen LogP contribution in [0, 0.1) is 6.92 Å². The van der Waals surface area contributed by atoms with Crippen LogP contribution in [0.25, 0.3) is 0 Å². The average molecular weight is 360 g/mol. The standard InChI is InChI=1S/C18H20N2O4S/c1-10-6-5-7-14-15(10)19-18(25-14)20-17(21)11-8-12(22-2)16(24-4)13(9-11)23-3/h5-9,18-19H,1-4H3,(H,20,21). The molecule has 7 heteroatoms. The maximum absolute atomic E-state index is 12.7. The Balaban J connectivity index is 1.80. The van der Waals surface area contributed by atoms with Crippen LogP contribution in [0.1, 0.15) is 15.9 Å². The molecule has 0 radical (unpaired) electrons. The normalized spacial score (nSPS) is 15.1. The molecule has 25 heavy (non-hydrogen) atoms. The zero-order chi connectivity index (χ0) is 18.0. The van der Waals surface area contributed by atoms with Crippen LogP contribution in [0.3, 0.4) is 0 Å². The topological polar surface area (TPSA) is 68.8 Å². The highest BCUT2D eigenvalue weighted by Gasteiger charge is 2.25. The first-order valence-electron chi connectivity index (χ1n) is 7.71. The van der Waals surface area contributed by atoms with E-state index in [1.165, 1.54) is 21.3 Å². The van der Waals surface area contributed by atoms with E-state index in [1.54, 1.807) is 23.9 Å². The number of ether oxygens (including phenoxy) is 3. The molecule has 1 aliphatic heterocycles. The number of nitrogens with one attached hydrogen (secondary N) is 2. The van der Waals surface area contributed by atoms with Crippen molar-refractivity contribution in [2.45, 2.75) is 17.3 Å². The van der Waals surface area contributed by atoms with Gasteiger partial charge in [0.05, 0.1) is 27.0 Å². The fraction of sp³-hybridized carbons (Fsp3) is 0.278. The number of aryl methyl sites for hydroxylation is 1. The second-order valence-corrected chi connectivity index (χ2v) is 6.62. The predicted octanol–water partition coefficient (Wildman–Crippen LogP) is 3.25. The van der Waals surface area contributed by atoms with Gasteiger partial charge in [0.15, 0.2) is 17.0 Å². The summed E-state index contributed by atoms with van der Waals surface area (Å²) in [6.07, 6.45) is 0. The van der Waals surface area contributed by atoms with E-state index >= 15 is 0 Å². The van der Waals surface area contributed by atoms with Gasteiger partial charge in [-0.05, 0) is 30.7 Å². The predicted molar refractivity (Wildman–Crippen MR) is 98.0 cm³/mol. The Morgan fingerprint density at radius 2 is 1.80 bits per heavy atom. The van der Waals surface area contributed by atoms with Gasteiger partial charge in [-0.2, -0.15) is 0 Å². The quantitative estimate of drug-likeness (QED) is 0.853. The van der Waals surface area contributed by atoms with E-state index in [4.69, 9.17) is 14.2 Å². The van der Waals surface area contributed by atoms with Gasteiger partial charge in [0.1, 0.15) is 0 Å². The lowest BCUT2D eigenvalue weighted by molar-refractivity contribution is 0.0952. The van der Waals surface area contributed by atoms with Gasteiger partial charge in [-0.1, -0.05) is 23.9 Å². The van der Waals surface area contributed by atoms with E-state index in [0.717, 1.165) is 16.1 Å². The van der Waals surface area contributed by atoms with Crippen molar-refractivity contribution in [1.82, 2.24) is 5.32 Å². The van der Waals surface area contributed by atoms with Crippen molar-refractivity contribution in [1.29, 1.82) is 0 Å². The summed E-state index contributed by atoms with van der Waals surface area (Å²) in [7, 11) is 4.57. The Morgan fingerprint density at radius 1 is 1.12 bits per heavy atom. The van der Waals surface area contributed by atoms with Gasteiger partial charge in [-0.15, -0.1) is 0 Å². The van der Waals surface area contributed by atoms with Gasteiger partial charge < -0.3 is 24.8 Å². The van der Waals surface area contributed by atoms with Crippen molar-refractivity contribution >= 4 is 23.4 Å². The van der Waals surface area contributed by atoms with E-state index in [9.17, 15) is 4.79 Å². The van der Waals surface area contributed by atoms with Gasteiger partial charge in [0, 0.05) is 10.5 Å². The Bertz CT molecular complexity index is 785. The monoisotopic (exact) mass is 360 g/mol. The minimum Gasteiger partial charge on any atom is -0.493 e. The molecule has 1 heterocycles. The van der Waals surface area contributed by atoms with E-state index in [0.29, 0.717) is 22.8 Å². The molecule has 0 spiro atoms. The molecular weight excluding hydrogens is 340 g/mol. The summed E-state index contributed by atoms with van der Waals surface area (Å²) < 4.78 is 15.9. The highest BCUT2D eigenvalue weighted by atomic mass is 32.2. The van der Waals surface area contributed by atoms with Gasteiger partial charge >= 0.3 is 0 Å². The summed E-state index contributed by atoms with van der Waals surface area (Å²) in [4.78, 5) is 13.8. The van der Waals surface area contributed by atoms with Crippen LogP contribution in [0.4, 0.5) is 5.69 Å². The molecule has 2 N–H and O–H groups in total. The number of thioether (sulfide) groups is 1. The zero-order valence-electron chi connectivity index (χ0n) is 14.5. The van der Waals surface area contributed by atoms with Crippen LogP contribution in [0.15, 0.2) is 35.2 Å². The van der Waals surface area contributed by atoms with Gasteiger partial charge in [0.2, 0.25) is 5.75 Å². The Kier molecular flexibility index (Phi) is 4.94. The fourth-order valence-electron chi connectivity index (χ4n) is 2.69. The molecule has 0 saturated heterocycles. The molecule has 0 saturated carbocycles. The smallest absolute Gasteiger partial charge is 0.253 e. The molecule has 3 rings (SSSR count). The molecule has 0 aliphatic carbocycles. The largest absolute Gasteiger partial charge is 0.493 e. The van der Waals surface area contributed by atoms with Crippen molar-refractivity contribution in [2.24, 2.45) is 0 Å². The van der Waals surface area contributed by atoms with E-state index < -0.39 is 0 Å². The zero-order valence-corrected chi connectivity index (χ0v) is 15.3. The lowest BCUT2D eigenvalue weighted by atomic mass is 10.1. The van der Waals surface area contributed by atoms with E-state index in [-0.39, 0.29) is 11.4 Å². The Hall–Kier alpha value is -2.54. The SMILES string of the molecule is COc1cc(C(=O)NC2Nc3c(C)cccc3S2)cc(OC)c1OC. The van der Waals surface area contributed by atoms with Crippen molar-refractivity contribution < 1.29 is 19.0 Å². The minimum absolute atomic E-state index is 0.227. The molecule has 0 aromatic heterocycles. The summed E-state index contributed by atoms with van der Waals surface area (Å²) in [5.41, 5.74) is 2.41. The number of carbonyl (C=O) groups is 1. The summed E-state index contributed by atoms with van der Waals surface area (Å²) >= 11 is 1.57. The van der Waals surface area contributed by atoms with Crippen molar-refractivity contribution in [2.75, 3.05) is 26.6 Å². The fourth-order valence-corrected chi connectivity index (χ4v) is 3.78. The molecule has 0 fully saturated rings. The molecule has 2 aromatic rings. The van der Waals surface area contributed by atoms with Crippen LogP contribution in [-0.2, 0) is 0 Å². The number of hydrogen-bond acceptors (Lipinski definition) is 6. The van der Waals surface area contributed by atoms with Crippen molar-refractivity contribution in [3.8, 4) is 17.2 Å². The van der Waals surface area contributed by atoms with Gasteiger partial charge in [0.25, 0.3) is 5.91 Å². The number of hydrogen-bond donors (Lipinski definition) is 2. The molecular formula is C18H20N2O4S. The lowest BCUT2D eigenvalue weighted by Crippen LogP contribution is -2.36. The van der Waals surface area contributed by atoms with Gasteiger partial charge in [-0.3, -0.25) is 4.79 Å². The highest BCUT2D eigenvalue weighted by Crippen LogP contribution is 2.40. The Morgan fingerprint density at radius 3 is 2.36 bits per heavy atom. The number of carbonyl (C=O) groups excluding carboxylic acids is 1. The summed E-state index contributed by atoms with van der Waals surface area (Å²) in [6, 6.07) is 9.34. The van der Waals surface area contributed by atoms with Gasteiger partial charge in [-0.25, -0.2) is 0 Å². The summed E-state index contributed by atoms with van der Waals surface area (Å²) in [6.45, 7) is 2.04. The number of para-hydroxylation sites is 1. The van der Waals surface area contributed by atoms with E-state index in [1.807, 2.05) is 25.1 Å². The molecule has 1 unspecified atom stereocenters. The molecule has 6 nitrogen and oxygen atoms in total. The van der Waals surface area contributed by atoms with Crippen LogP contribution in [-0.4, -0.2) is 32.7 Å². The number of methoxy groups -OCH3 is 3. The van der Waals surface area contributed by atoms with Crippen LogP contribution in [0.5, 0.6) is 17.2 Å². The third-order valence-corrected chi connectivity index (χ3v) is 5.01. The second kappa shape index (κ2) is 7.14. The molecule has 1 atom stereocenters. The highest BCUT2D eigenvalue weighted by molar-refractivity contribution is 8.00. The minimum atomic E-state index is -0.234. The first-order valence-corrected chi connectivity index (χ1v) is 8.59. The maximum atomic E-state index is 12.7. The molecule has 0 bridgehead atoms. The Labute approximate surface area is 150 Å². The van der Waals surface area contributed by atoms with Crippen molar-refractivity contribution in [3.05, 3.63) is 41.5 Å². The molecule has 132 valence electrons. The molecule has 1 aliphatic rings. The van der Waals surface area contributed by atoms with Crippen molar-refractivity contribution in [3.63, 3.8) is 0 Å². The van der Waals surface area contributed by atoms with Crippen LogP contribution < -0.4 is 24.8 Å². The third kappa shape index (κ3) is 3.32. The summed E-state index contributed by atoms with van der Waals surface area (Å²) in [5, 5.41) is 6.30.